The molecule has 2 aromatic rings. The second kappa shape index (κ2) is 9.41. The standard InChI is InChI=1S/C18H20N4O5/c19-15(11-23)17(24)21-16(10-12-4-2-1-3-5-12)18(25)20-13-6-8-14(9-7-13)22(26)27/h1-9,15-16,23H,10-11,19H2,(H,20,25)(H,21,24)/t15-,16-/m0/s1. The van der Waals surface area contributed by atoms with Crippen molar-refractivity contribution in [2.45, 2.75) is 18.5 Å². The van der Waals surface area contributed by atoms with E-state index in [9.17, 15) is 19.7 Å². The lowest BCUT2D eigenvalue weighted by Gasteiger charge is -2.20. The average molecular weight is 372 g/mol. The Morgan fingerprint density at radius 3 is 2.26 bits per heavy atom. The third-order valence-corrected chi connectivity index (χ3v) is 3.79. The highest BCUT2D eigenvalue weighted by atomic mass is 16.6. The summed E-state index contributed by atoms with van der Waals surface area (Å²) in [6, 6.07) is 12.3. The summed E-state index contributed by atoms with van der Waals surface area (Å²) in [4.78, 5) is 34.8. The lowest BCUT2D eigenvalue weighted by molar-refractivity contribution is -0.384. The molecule has 27 heavy (non-hydrogen) atoms. The zero-order valence-corrected chi connectivity index (χ0v) is 14.4. The Labute approximate surface area is 155 Å². The molecular formula is C18H20N4O5. The van der Waals surface area contributed by atoms with Crippen molar-refractivity contribution in [3.05, 3.63) is 70.3 Å². The van der Waals surface area contributed by atoms with E-state index in [4.69, 9.17) is 10.8 Å². The topological polar surface area (TPSA) is 148 Å². The molecule has 2 atom stereocenters. The van der Waals surface area contributed by atoms with Gasteiger partial charge in [0.05, 0.1) is 11.5 Å². The fourth-order valence-electron chi connectivity index (χ4n) is 2.32. The van der Waals surface area contributed by atoms with Crippen molar-refractivity contribution in [2.24, 2.45) is 5.73 Å². The van der Waals surface area contributed by atoms with Crippen LogP contribution >= 0.6 is 0 Å². The number of nitro groups is 1. The molecular weight excluding hydrogens is 352 g/mol. The summed E-state index contributed by atoms with van der Waals surface area (Å²) in [5, 5.41) is 24.8. The van der Waals surface area contributed by atoms with Crippen molar-refractivity contribution in [2.75, 3.05) is 11.9 Å². The van der Waals surface area contributed by atoms with E-state index in [-0.39, 0.29) is 12.1 Å². The van der Waals surface area contributed by atoms with Gasteiger partial charge in [-0.1, -0.05) is 30.3 Å². The first kappa shape index (κ1) is 20.0. The maximum atomic E-state index is 12.6. The van der Waals surface area contributed by atoms with E-state index in [2.05, 4.69) is 10.6 Å². The second-order valence-corrected chi connectivity index (χ2v) is 5.83. The smallest absolute Gasteiger partial charge is 0.269 e. The first-order valence-electron chi connectivity index (χ1n) is 8.16. The molecule has 0 bridgehead atoms. The van der Waals surface area contributed by atoms with Crippen molar-refractivity contribution >= 4 is 23.2 Å². The van der Waals surface area contributed by atoms with Crippen LogP contribution in [-0.2, 0) is 16.0 Å². The summed E-state index contributed by atoms with van der Waals surface area (Å²) in [6.45, 7) is -0.548. The van der Waals surface area contributed by atoms with E-state index in [0.29, 0.717) is 5.69 Å². The highest BCUT2D eigenvalue weighted by Gasteiger charge is 2.24. The maximum Gasteiger partial charge on any atom is 0.269 e. The summed E-state index contributed by atoms with van der Waals surface area (Å²) in [7, 11) is 0. The summed E-state index contributed by atoms with van der Waals surface area (Å²) in [5.41, 5.74) is 6.57. The van der Waals surface area contributed by atoms with Crippen molar-refractivity contribution < 1.29 is 19.6 Å². The number of nitrogens with two attached hydrogens (primary N) is 1. The number of hydrogen-bond acceptors (Lipinski definition) is 6. The van der Waals surface area contributed by atoms with Gasteiger partial charge in [-0.3, -0.25) is 19.7 Å². The quantitative estimate of drug-likeness (QED) is 0.393. The lowest BCUT2D eigenvalue weighted by atomic mass is 10.0. The summed E-state index contributed by atoms with van der Waals surface area (Å²) < 4.78 is 0. The van der Waals surface area contributed by atoms with Crippen LogP contribution in [0.3, 0.4) is 0 Å². The van der Waals surface area contributed by atoms with E-state index >= 15 is 0 Å². The van der Waals surface area contributed by atoms with Gasteiger partial charge in [-0.05, 0) is 17.7 Å². The van der Waals surface area contributed by atoms with Crippen molar-refractivity contribution in [1.82, 2.24) is 5.32 Å². The Morgan fingerprint density at radius 2 is 1.70 bits per heavy atom. The average Bonchev–Trinajstić information content (AvgIpc) is 2.67. The maximum absolute atomic E-state index is 12.6. The Bertz CT molecular complexity index is 795. The molecule has 2 aromatic carbocycles. The molecule has 0 radical (unpaired) electrons. The van der Waals surface area contributed by atoms with Crippen molar-refractivity contribution in [3.8, 4) is 0 Å². The third-order valence-electron chi connectivity index (χ3n) is 3.79. The number of nitro benzene ring substituents is 1. The molecule has 9 nitrogen and oxygen atoms in total. The second-order valence-electron chi connectivity index (χ2n) is 5.83. The van der Waals surface area contributed by atoms with Crippen LogP contribution in [0.2, 0.25) is 0 Å². The minimum atomic E-state index is -1.14. The molecule has 0 heterocycles. The molecule has 2 rings (SSSR count). The molecule has 0 aromatic heterocycles. The molecule has 142 valence electrons. The van der Waals surface area contributed by atoms with Crippen LogP contribution in [0, 0.1) is 10.1 Å². The molecule has 0 aliphatic heterocycles. The van der Waals surface area contributed by atoms with E-state index in [0.717, 1.165) is 5.56 Å². The van der Waals surface area contributed by atoms with Gasteiger partial charge in [0.25, 0.3) is 5.69 Å². The molecule has 0 aliphatic carbocycles. The van der Waals surface area contributed by atoms with Crippen LogP contribution in [0.4, 0.5) is 11.4 Å². The molecule has 0 fully saturated rings. The number of aliphatic hydroxyl groups excluding tert-OH is 1. The number of non-ortho nitro benzene ring substituents is 1. The molecule has 0 unspecified atom stereocenters. The Morgan fingerprint density at radius 1 is 1.07 bits per heavy atom. The van der Waals surface area contributed by atoms with Gasteiger partial charge in [-0.25, -0.2) is 0 Å². The van der Waals surface area contributed by atoms with Crippen molar-refractivity contribution in [1.29, 1.82) is 0 Å². The monoisotopic (exact) mass is 372 g/mol. The van der Waals surface area contributed by atoms with Crippen LogP contribution in [0.5, 0.6) is 0 Å². The van der Waals surface area contributed by atoms with Gasteiger partial charge in [0, 0.05) is 24.2 Å². The Kier molecular flexibility index (Phi) is 6.98. The first-order valence-corrected chi connectivity index (χ1v) is 8.16. The molecule has 0 spiro atoms. The minimum absolute atomic E-state index is 0.101. The van der Waals surface area contributed by atoms with Crippen LogP contribution in [0.1, 0.15) is 5.56 Å². The highest BCUT2D eigenvalue weighted by molar-refractivity contribution is 5.98. The largest absolute Gasteiger partial charge is 0.394 e. The number of benzene rings is 2. The predicted octanol–water partition coefficient (Wildman–Crippen LogP) is 0.580. The van der Waals surface area contributed by atoms with Gasteiger partial charge in [0.15, 0.2) is 0 Å². The number of hydrogen-bond donors (Lipinski definition) is 4. The zero-order valence-electron chi connectivity index (χ0n) is 14.4. The number of rotatable bonds is 8. The van der Waals surface area contributed by atoms with Crippen LogP contribution < -0.4 is 16.4 Å². The van der Waals surface area contributed by atoms with Gasteiger partial charge in [-0.15, -0.1) is 0 Å². The van der Waals surface area contributed by atoms with E-state index < -0.39 is 35.4 Å². The number of nitrogens with one attached hydrogen (secondary N) is 2. The molecule has 0 aliphatic rings. The fourth-order valence-corrected chi connectivity index (χ4v) is 2.32. The predicted molar refractivity (Wildman–Crippen MR) is 98.9 cm³/mol. The van der Waals surface area contributed by atoms with E-state index in [1.54, 1.807) is 0 Å². The van der Waals surface area contributed by atoms with Crippen LogP contribution in [0.15, 0.2) is 54.6 Å². The summed E-state index contributed by atoms with van der Waals surface area (Å²) in [6.07, 6.45) is 0.212. The van der Waals surface area contributed by atoms with Gasteiger partial charge in [0.1, 0.15) is 12.1 Å². The molecule has 0 saturated carbocycles. The number of anilines is 1. The van der Waals surface area contributed by atoms with Gasteiger partial charge < -0.3 is 21.5 Å². The molecule has 2 amide bonds. The molecule has 5 N–H and O–H groups in total. The fraction of sp³-hybridized carbons (Fsp3) is 0.222. The lowest BCUT2D eigenvalue weighted by Crippen LogP contribution is -2.52. The first-order chi connectivity index (χ1) is 12.9. The number of amides is 2. The molecule has 0 saturated heterocycles. The van der Waals surface area contributed by atoms with Crippen molar-refractivity contribution in [3.63, 3.8) is 0 Å². The van der Waals surface area contributed by atoms with Gasteiger partial charge in [0.2, 0.25) is 11.8 Å². The number of carbonyl (C=O) groups excluding carboxylic acids is 2. The normalized spacial score (nSPS) is 12.7. The van der Waals surface area contributed by atoms with Gasteiger partial charge in [-0.2, -0.15) is 0 Å². The van der Waals surface area contributed by atoms with E-state index in [1.165, 1.54) is 24.3 Å². The number of nitrogens with zero attached hydrogens (tertiary/aromatic N) is 1. The van der Waals surface area contributed by atoms with Gasteiger partial charge >= 0.3 is 0 Å². The SMILES string of the molecule is N[C@@H](CO)C(=O)N[C@@H](Cc1ccccc1)C(=O)Nc1ccc([N+](=O)[O-])cc1. The number of carbonyl (C=O) groups is 2. The highest BCUT2D eigenvalue weighted by Crippen LogP contribution is 2.16. The van der Waals surface area contributed by atoms with Crippen LogP contribution in [0.25, 0.3) is 0 Å². The zero-order chi connectivity index (χ0) is 19.8. The molecule has 9 heteroatoms. The Hall–Kier alpha value is -3.30. The third kappa shape index (κ3) is 5.87. The summed E-state index contributed by atoms with van der Waals surface area (Å²) in [5.74, 6) is -1.16. The summed E-state index contributed by atoms with van der Waals surface area (Å²) >= 11 is 0. The Balaban J connectivity index is 2.13. The van der Waals surface area contributed by atoms with E-state index in [1.807, 2.05) is 30.3 Å². The minimum Gasteiger partial charge on any atom is -0.394 e. The van der Waals surface area contributed by atoms with Crippen LogP contribution in [-0.4, -0.2) is 40.5 Å². The number of aliphatic hydroxyl groups is 1.